The van der Waals surface area contributed by atoms with Gasteiger partial charge in [0.25, 0.3) is 0 Å². The molecule has 0 atom stereocenters. The predicted octanol–water partition coefficient (Wildman–Crippen LogP) is 5.28. The Morgan fingerprint density at radius 2 is 1.46 bits per heavy atom. The third-order valence-corrected chi connectivity index (χ3v) is 4.06. The molecule has 1 aromatic heterocycles. The minimum absolute atomic E-state index is 0.0179. The van der Waals surface area contributed by atoms with Gasteiger partial charge in [0.15, 0.2) is 5.78 Å². The van der Waals surface area contributed by atoms with Crippen LogP contribution in [0.2, 0.25) is 0 Å². The van der Waals surface area contributed by atoms with Gasteiger partial charge in [0.05, 0.1) is 11.2 Å². The molecule has 0 aliphatic rings. The minimum atomic E-state index is -0.0179. The monoisotopic (exact) mass is 309 g/mol. The molecule has 0 amide bonds. The fraction of sp³-hybridized carbons (Fsp3) is 0. The summed E-state index contributed by atoms with van der Waals surface area (Å²) in [6.45, 7) is 0. The molecule has 0 bridgehead atoms. The molecule has 2 nitrogen and oxygen atoms in total. The maximum Gasteiger partial charge on any atom is 0.185 e. The lowest BCUT2D eigenvalue weighted by Gasteiger charge is -2.01. The highest BCUT2D eigenvalue weighted by Gasteiger charge is 2.03. The molecule has 4 aromatic rings. The zero-order valence-electron chi connectivity index (χ0n) is 13.0. The highest BCUT2D eigenvalue weighted by atomic mass is 16.1. The number of para-hydroxylation sites is 1. The van der Waals surface area contributed by atoms with E-state index in [9.17, 15) is 4.79 Å². The number of carbonyl (C=O) groups excluding carboxylic acids is 1. The summed E-state index contributed by atoms with van der Waals surface area (Å²) in [4.78, 5) is 17.0. The second-order valence-corrected chi connectivity index (χ2v) is 5.69. The van der Waals surface area contributed by atoms with Crippen LogP contribution in [-0.2, 0) is 0 Å². The summed E-state index contributed by atoms with van der Waals surface area (Å²) in [5, 5.41) is 3.30. The molecular formula is C22H15NO. The Labute approximate surface area is 140 Å². The van der Waals surface area contributed by atoms with E-state index in [-0.39, 0.29) is 5.78 Å². The van der Waals surface area contributed by atoms with E-state index in [0.29, 0.717) is 5.56 Å². The number of nitrogens with zero attached hydrogens (tertiary/aromatic N) is 1. The van der Waals surface area contributed by atoms with Crippen LogP contribution in [0.4, 0.5) is 0 Å². The Morgan fingerprint density at radius 3 is 2.33 bits per heavy atom. The first-order chi connectivity index (χ1) is 11.8. The van der Waals surface area contributed by atoms with Crippen LogP contribution in [0.3, 0.4) is 0 Å². The van der Waals surface area contributed by atoms with E-state index in [2.05, 4.69) is 4.98 Å². The molecule has 1 heterocycles. The average Bonchev–Trinajstić information content (AvgIpc) is 2.65. The Bertz CT molecular complexity index is 1080. The maximum atomic E-state index is 12.4. The molecule has 114 valence electrons. The minimum Gasteiger partial charge on any atom is -0.289 e. The standard InChI is InChI=1S/C22H15NO/c24-22(19-10-9-16-5-1-2-7-18(16)15-19)14-13-20-12-11-17-6-3-4-8-21(17)23-20/h1-15H/b14-13+. The lowest BCUT2D eigenvalue weighted by Crippen LogP contribution is -1.94. The van der Waals surface area contributed by atoms with Gasteiger partial charge >= 0.3 is 0 Å². The maximum absolute atomic E-state index is 12.4. The zero-order valence-corrected chi connectivity index (χ0v) is 13.0. The third kappa shape index (κ3) is 2.82. The van der Waals surface area contributed by atoms with E-state index in [0.717, 1.165) is 27.4 Å². The lowest BCUT2D eigenvalue weighted by molar-refractivity contribution is 0.104. The number of fused-ring (bicyclic) bond motifs is 2. The van der Waals surface area contributed by atoms with Crippen molar-refractivity contribution in [1.82, 2.24) is 4.98 Å². The van der Waals surface area contributed by atoms with Crippen LogP contribution in [0.5, 0.6) is 0 Å². The van der Waals surface area contributed by atoms with Crippen LogP contribution >= 0.6 is 0 Å². The van der Waals surface area contributed by atoms with E-state index < -0.39 is 0 Å². The fourth-order valence-electron chi connectivity index (χ4n) is 2.77. The first-order valence-electron chi connectivity index (χ1n) is 7.87. The van der Waals surface area contributed by atoms with E-state index in [4.69, 9.17) is 0 Å². The molecule has 4 rings (SSSR count). The number of ketones is 1. The smallest absolute Gasteiger partial charge is 0.185 e. The van der Waals surface area contributed by atoms with Crippen molar-refractivity contribution in [2.24, 2.45) is 0 Å². The molecule has 0 spiro atoms. The number of aromatic nitrogens is 1. The molecule has 0 saturated carbocycles. The van der Waals surface area contributed by atoms with E-state index in [1.807, 2.05) is 78.9 Å². The van der Waals surface area contributed by atoms with Crippen molar-refractivity contribution in [3.63, 3.8) is 0 Å². The van der Waals surface area contributed by atoms with Crippen molar-refractivity contribution in [2.75, 3.05) is 0 Å². The molecule has 0 radical (unpaired) electrons. The van der Waals surface area contributed by atoms with Gasteiger partial charge in [0.2, 0.25) is 0 Å². The van der Waals surface area contributed by atoms with Crippen molar-refractivity contribution in [1.29, 1.82) is 0 Å². The Morgan fingerprint density at radius 1 is 0.750 bits per heavy atom. The molecule has 2 heteroatoms. The first kappa shape index (κ1) is 14.3. The topological polar surface area (TPSA) is 30.0 Å². The molecule has 0 fully saturated rings. The van der Waals surface area contributed by atoms with E-state index >= 15 is 0 Å². The number of allylic oxidation sites excluding steroid dienone is 1. The van der Waals surface area contributed by atoms with Crippen LogP contribution in [0, 0.1) is 0 Å². The average molecular weight is 309 g/mol. The van der Waals surface area contributed by atoms with Gasteiger partial charge in [-0.1, -0.05) is 60.7 Å². The van der Waals surface area contributed by atoms with Crippen LogP contribution in [0.25, 0.3) is 27.8 Å². The Kier molecular flexibility index (Phi) is 3.64. The summed E-state index contributed by atoms with van der Waals surface area (Å²) >= 11 is 0. The second kappa shape index (κ2) is 6.09. The van der Waals surface area contributed by atoms with E-state index in [1.165, 1.54) is 0 Å². The molecule has 0 aliphatic carbocycles. The van der Waals surface area contributed by atoms with Gasteiger partial charge in [-0.15, -0.1) is 0 Å². The molecular weight excluding hydrogens is 294 g/mol. The van der Waals surface area contributed by atoms with Crippen molar-refractivity contribution < 1.29 is 4.79 Å². The summed E-state index contributed by atoms with van der Waals surface area (Å²) in [5.74, 6) is -0.0179. The molecule has 0 aliphatic heterocycles. The summed E-state index contributed by atoms with van der Waals surface area (Å²) < 4.78 is 0. The zero-order chi connectivity index (χ0) is 16.4. The van der Waals surface area contributed by atoms with Crippen LogP contribution < -0.4 is 0 Å². The number of hydrogen-bond acceptors (Lipinski definition) is 2. The van der Waals surface area contributed by atoms with Crippen molar-refractivity contribution in [2.45, 2.75) is 0 Å². The lowest BCUT2D eigenvalue weighted by atomic mass is 10.0. The molecule has 0 N–H and O–H groups in total. The van der Waals surface area contributed by atoms with Crippen molar-refractivity contribution in [3.05, 3.63) is 96.2 Å². The SMILES string of the molecule is O=C(/C=C/c1ccc2ccccc2n1)c1ccc2ccccc2c1. The van der Waals surface area contributed by atoms with Gasteiger partial charge in [-0.25, -0.2) is 4.98 Å². The van der Waals surface area contributed by atoms with Crippen LogP contribution in [-0.4, -0.2) is 10.8 Å². The van der Waals surface area contributed by atoms with Gasteiger partial charge in [0.1, 0.15) is 0 Å². The highest BCUT2D eigenvalue weighted by Crippen LogP contribution is 2.17. The number of benzene rings is 3. The van der Waals surface area contributed by atoms with Gasteiger partial charge in [0, 0.05) is 10.9 Å². The normalized spacial score (nSPS) is 11.3. The number of hydrogen-bond donors (Lipinski definition) is 0. The summed E-state index contributed by atoms with van der Waals surface area (Å²) in [7, 11) is 0. The molecule has 3 aromatic carbocycles. The largest absolute Gasteiger partial charge is 0.289 e. The van der Waals surface area contributed by atoms with Gasteiger partial charge in [-0.2, -0.15) is 0 Å². The van der Waals surface area contributed by atoms with Gasteiger partial charge in [-0.3, -0.25) is 4.79 Å². The van der Waals surface area contributed by atoms with Crippen LogP contribution in [0.15, 0.2) is 84.9 Å². The Balaban J connectivity index is 1.62. The number of pyridine rings is 1. The molecule has 0 unspecified atom stereocenters. The van der Waals surface area contributed by atoms with E-state index in [1.54, 1.807) is 12.2 Å². The summed E-state index contributed by atoms with van der Waals surface area (Å²) in [6.07, 6.45) is 3.35. The predicted molar refractivity (Wildman–Crippen MR) is 99.1 cm³/mol. The van der Waals surface area contributed by atoms with Crippen molar-refractivity contribution >= 4 is 33.5 Å². The fourth-order valence-corrected chi connectivity index (χ4v) is 2.77. The van der Waals surface area contributed by atoms with Crippen molar-refractivity contribution in [3.8, 4) is 0 Å². The van der Waals surface area contributed by atoms with Gasteiger partial charge in [-0.05, 0) is 41.1 Å². The third-order valence-electron chi connectivity index (χ3n) is 4.06. The quantitative estimate of drug-likeness (QED) is 0.380. The number of rotatable bonds is 3. The summed E-state index contributed by atoms with van der Waals surface area (Å²) in [6, 6.07) is 25.7. The molecule has 0 saturated heterocycles. The highest BCUT2D eigenvalue weighted by molar-refractivity contribution is 6.08. The Hall–Kier alpha value is -3.26. The van der Waals surface area contributed by atoms with Crippen LogP contribution in [0.1, 0.15) is 16.1 Å². The summed E-state index contributed by atoms with van der Waals surface area (Å²) in [5.41, 5.74) is 2.39. The molecule has 24 heavy (non-hydrogen) atoms. The van der Waals surface area contributed by atoms with Gasteiger partial charge < -0.3 is 0 Å². The second-order valence-electron chi connectivity index (χ2n) is 5.69. The number of carbonyl (C=O) groups is 1. The first-order valence-corrected chi connectivity index (χ1v) is 7.87.